The van der Waals surface area contributed by atoms with Crippen LogP contribution in [0.15, 0.2) is 18.2 Å². The van der Waals surface area contributed by atoms with Crippen LogP contribution in [-0.4, -0.2) is 22.2 Å². The number of nitro benzene ring substituents is 1. The third kappa shape index (κ3) is 3.58. The average molecular weight is 273 g/mol. The number of aliphatic hydroxyl groups is 1. The molecule has 100 valence electrons. The molecule has 1 rings (SSSR count). The molecule has 0 saturated heterocycles. The van der Waals surface area contributed by atoms with Gasteiger partial charge < -0.3 is 10.4 Å². The van der Waals surface area contributed by atoms with Crippen molar-refractivity contribution in [1.82, 2.24) is 0 Å². The maximum atomic E-state index is 10.9. The third-order valence-corrected chi connectivity index (χ3v) is 3.31. The van der Waals surface area contributed by atoms with Gasteiger partial charge in [0.1, 0.15) is 5.69 Å². The number of nitro groups is 1. The van der Waals surface area contributed by atoms with Crippen molar-refractivity contribution in [1.29, 1.82) is 0 Å². The topological polar surface area (TPSA) is 75.4 Å². The molecule has 0 atom stereocenters. The van der Waals surface area contributed by atoms with Gasteiger partial charge >= 0.3 is 0 Å². The van der Waals surface area contributed by atoms with Gasteiger partial charge in [0.25, 0.3) is 5.69 Å². The molecule has 18 heavy (non-hydrogen) atoms. The lowest BCUT2D eigenvalue weighted by molar-refractivity contribution is -0.384. The highest BCUT2D eigenvalue weighted by Gasteiger charge is 2.23. The molecule has 5 nitrogen and oxygen atoms in total. The average Bonchev–Trinajstić information content (AvgIpc) is 2.35. The van der Waals surface area contributed by atoms with Crippen molar-refractivity contribution in [2.24, 2.45) is 0 Å². The van der Waals surface area contributed by atoms with Crippen molar-refractivity contribution in [2.45, 2.75) is 32.3 Å². The standard InChI is InChI=1S/C12H17ClN2O3/c1-3-12(16,4-2)8-14-10-7-9(13)5-6-11(10)15(17)18/h5-7,14,16H,3-4,8H2,1-2H3. The van der Waals surface area contributed by atoms with Gasteiger partial charge in [0, 0.05) is 17.6 Å². The highest BCUT2D eigenvalue weighted by Crippen LogP contribution is 2.28. The Morgan fingerprint density at radius 2 is 2.06 bits per heavy atom. The molecule has 6 heteroatoms. The summed E-state index contributed by atoms with van der Waals surface area (Å²) in [4.78, 5) is 10.4. The molecule has 0 aromatic heterocycles. The van der Waals surface area contributed by atoms with Gasteiger partial charge in [-0.05, 0) is 25.0 Å². The van der Waals surface area contributed by atoms with Crippen LogP contribution >= 0.6 is 11.6 Å². The Balaban J connectivity index is 2.90. The van der Waals surface area contributed by atoms with Crippen LogP contribution in [0.25, 0.3) is 0 Å². The van der Waals surface area contributed by atoms with Gasteiger partial charge in [-0.25, -0.2) is 0 Å². The number of nitrogens with one attached hydrogen (secondary N) is 1. The summed E-state index contributed by atoms with van der Waals surface area (Å²) in [7, 11) is 0. The van der Waals surface area contributed by atoms with Crippen LogP contribution < -0.4 is 5.32 Å². The summed E-state index contributed by atoms with van der Waals surface area (Å²) >= 11 is 5.81. The largest absolute Gasteiger partial charge is 0.388 e. The molecule has 0 radical (unpaired) electrons. The first-order chi connectivity index (χ1) is 8.41. The lowest BCUT2D eigenvalue weighted by atomic mass is 9.97. The van der Waals surface area contributed by atoms with Crippen molar-refractivity contribution in [3.8, 4) is 0 Å². The van der Waals surface area contributed by atoms with Crippen molar-refractivity contribution >= 4 is 23.0 Å². The zero-order valence-corrected chi connectivity index (χ0v) is 11.2. The van der Waals surface area contributed by atoms with E-state index in [2.05, 4.69) is 5.32 Å². The molecular weight excluding hydrogens is 256 g/mol. The predicted octanol–water partition coefficient (Wildman–Crippen LogP) is 3.21. The lowest BCUT2D eigenvalue weighted by Gasteiger charge is -2.25. The van der Waals surface area contributed by atoms with Crippen molar-refractivity contribution in [2.75, 3.05) is 11.9 Å². The minimum Gasteiger partial charge on any atom is -0.388 e. The van der Waals surface area contributed by atoms with Gasteiger partial charge in [-0.3, -0.25) is 10.1 Å². The Morgan fingerprint density at radius 1 is 1.44 bits per heavy atom. The number of anilines is 1. The van der Waals surface area contributed by atoms with Crippen LogP contribution in [0, 0.1) is 10.1 Å². The molecule has 0 aliphatic heterocycles. The molecule has 1 aromatic carbocycles. The molecule has 0 heterocycles. The molecule has 0 amide bonds. The fourth-order valence-electron chi connectivity index (χ4n) is 1.57. The number of hydrogen-bond acceptors (Lipinski definition) is 4. The third-order valence-electron chi connectivity index (χ3n) is 3.08. The zero-order valence-electron chi connectivity index (χ0n) is 10.4. The predicted molar refractivity (Wildman–Crippen MR) is 72.1 cm³/mol. The second-order valence-corrected chi connectivity index (χ2v) is 4.64. The summed E-state index contributed by atoms with van der Waals surface area (Å²) in [5.41, 5.74) is -0.585. The Morgan fingerprint density at radius 3 is 2.56 bits per heavy atom. The normalized spacial score (nSPS) is 11.3. The minimum atomic E-state index is -0.865. The summed E-state index contributed by atoms with van der Waals surface area (Å²) < 4.78 is 0. The maximum Gasteiger partial charge on any atom is 0.292 e. The van der Waals surface area contributed by atoms with Crippen LogP contribution in [0.1, 0.15) is 26.7 Å². The summed E-state index contributed by atoms with van der Waals surface area (Å²) in [6, 6.07) is 4.31. The SMILES string of the molecule is CCC(O)(CC)CNc1cc(Cl)ccc1[N+](=O)[O-]. The summed E-state index contributed by atoms with van der Waals surface area (Å²) in [5.74, 6) is 0. The van der Waals surface area contributed by atoms with Crippen molar-refractivity contribution in [3.05, 3.63) is 33.3 Å². The Bertz CT molecular complexity index is 433. The molecule has 0 aliphatic rings. The van der Waals surface area contributed by atoms with Crippen LogP contribution in [0.2, 0.25) is 5.02 Å². The van der Waals surface area contributed by atoms with E-state index in [-0.39, 0.29) is 12.2 Å². The number of halogens is 1. The fraction of sp³-hybridized carbons (Fsp3) is 0.500. The second kappa shape index (κ2) is 6.02. The van der Waals surface area contributed by atoms with Gasteiger partial charge in [0.15, 0.2) is 0 Å². The first-order valence-electron chi connectivity index (χ1n) is 5.82. The minimum absolute atomic E-state index is 0.0473. The van der Waals surface area contributed by atoms with Gasteiger partial charge in [-0.2, -0.15) is 0 Å². The molecule has 0 spiro atoms. The van der Waals surface area contributed by atoms with Gasteiger partial charge in [0.05, 0.1) is 10.5 Å². The van der Waals surface area contributed by atoms with E-state index in [4.69, 9.17) is 11.6 Å². The highest BCUT2D eigenvalue weighted by atomic mass is 35.5. The van der Waals surface area contributed by atoms with E-state index in [1.54, 1.807) is 0 Å². The lowest BCUT2D eigenvalue weighted by Crippen LogP contribution is -2.35. The molecular formula is C12H17ClN2O3. The van der Waals surface area contributed by atoms with E-state index in [9.17, 15) is 15.2 Å². The van der Waals surface area contributed by atoms with Crippen LogP contribution in [0.5, 0.6) is 0 Å². The van der Waals surface area contributed by atoms with E-state index in [0.29, 0.717) is 23.6 Å². The Labute approximate surface area is 111 Å². The molecule has 0 bridgehead atoms. The van der Waals surface area contributed by atoms with E-state index in [1.165, 1.54) is 18.2 Å². The Kier molecular flexibility index (Phi) is 4.93. The van der Waals surface area contributed by atoms with E-state index in [1.807, 2.05) is 13.8 Å². The fourth-order valence-corrected chi connectivity index (χ4v) is 1.74. The molecule has 0 saturated carbocycles. The summed E-state index contributed by atoms with van der Waals surface area (Å²) in [6.07, 6.45) is 1.15. The summed E-state index contributed by atoms with van der Waals surface area (Å²) in [5, 5.41) is 24.3. The van der Waals surface area contributed by atoms with E-state index in [0.717, 1.165) is 0 Å². The quantitative estimate of drug-likeness (QED) is 0.616. The van der Waals surface area contributed by atoms with Crippen LogP contribution in [0.4, 0.5) is 11.4 Å². The molecule has 0 fully saturated rings. The van der Waals surface area contributed by atoms with E-state index < -0.39 is 10.5 Å². The molecule has 0 aliphatic carbocycles. The van der Waals surface area contributed by atoms with Gasteiger partial charge in [-0.15, -0.1) is 0 Å². The summed E-state index contributed by atoms with van der Waals surface area (Å²) in [6.45, 7) is 4.00. The van der Waals surface area contributed by atoms with Gasteiger partial charge in [0.2, 0.25) is 0 Å². The smallest absolute Gasteiger partial charge is 0.292 e. The van der Waals surface area contributed by atoms with Crippen LogP contribution in [0.3, 0.4) is 0 Å². The maximum absolute atomic E-state index is 10.9. The van der Waals surface area contributed by atoms with Crippen molar-refractivity contribution < 1.29 is 10.0 Å². The monoisotopic (exact) mass is 272 g/mol. The first kappa shape index (κ1) is 14.7. The zero-order chi connectivity index (χ0) is 13.8. The van der Waals surface area contributed by atoms with Crippen molar-refractivity contribution in [3.63, 3.8) is 0 Å². The second-order valence-electron chi connectivity index (χ2n) is 4.20. The van der Waals surface area contributed by atoms with E-state index >= 15 is 0 Å². The molecule has 1 aromatic rings. The highest BCUT2D eigenvalue weighted by molar-refractivity contribution is 6.31. The molecule has 2 N–H and O–H groups in total. The number of hydrogen-bond donors (Lipinski definition) is 2. The first-order valence-corrected chi connectivity index (χ1v) is 6.20. The van der Waals surface area contributed by atoms with Gasteiger partial charge in [-0.1, -0.05) is 25.4 Å². The number of nitrogens with zero attached hydrogens (tertiary/aromatic N) is 1. The van der Waals surface area contributed by atoms with Crippen LogP contribution in [-0.2, 0) is 0 Å². The number of benzene rings is 1. The Hall–Kier alpha value is -1.33. The molecule has 0 unspecified atom stereocenters. The number of rotatable bonds is 6.